The zero-order valence-electron chi connectivity index (χ0n) is 19.0. The molecule has 0 aromatic heterocycles. The quantitative estimate of drug-likeness (QED) is 0.443. The van der Waals surface area contributed by atoms with Gasteiger partial charge in [0.25, 0.3) is 0 Å². The molecule has 0 spiro atoms. The first-order chi connectivity index (χ1) is 15.2. The van der Waals surface area contributed by atoms with E-state index in [1.807, 2.05) is 12.1 Å². The lowest BCUT2D eigenvalue weighted by atomic mass is 9.89. The predicted octanol–water partition coefficient (Wildman–Crippen LogP) is 5.20. The standard InChI is InChI=1S/C27H36N2O2/c1-30-19-25(17-23-11-5-3-6-12-23)28-21-27(15-9-10-16-27)22-29-26(20-31-2)18-24-13-7-4-8-14-24/h3-8,11-14,21-22,25-26H,9-10,15-20H2,1-2H3/t25-,26-/m1/s1. The minimum atomic E-state index is -0.0502. The first kappa shape index (κ1) is 23.4. The van der Waals surface area contributed by atoms with E-state index in [1.165, 1.54) is 24.0 Å². The predicted molar refractivity (Wildman–Crippen MR) is 130 cm³/mol. The summed E-state index contributed by atoms with van der Waals surface area (Å²) in [6.07, 6.45) is 10.8. The van der Waals surface area contributed by atoms with E-state index in [-0.39, 0.29) is 17.5 Å². The molecule has 4 heteroatoms. The summed E-state index contributed by atoms with van der Waals surface area (Å²) in [6, 6.07) is 21.3. The Balaban J connectivity index is 1.71. The lowest BCUT2D eigenvalue weighted by molar-refractivity contribution is 0.180. The van der Waals surface area contributed by atoms with Crippen LogP contribution in [0.3, 0.4) is 0 Å². The molecule has 1 aliphatic rings. The van der Waals surface area contributed by atoms with E-state index in [9.17, 15) is 0 Å². The van der Waals surface area contributed by atoms with Crippen molar-refractivity contribution >= 4 is 12.4 Å². The van der Waals surface area contributed by atoms with Crippen molar-refractivity contribution < 1.29 is 9.47 Å². The molecule has 0 bridgehead atoms. The van der Waals surface area contributed by atoms with E-state index < -0.39 is 0 Å². The summed E-state index contributed by atoms with van der Waals surface area (Å²) in [5.41, 5.74) is 2.53. The van der Waals surface area contributed by atoms with E-state index in [0.717, 1.165) is 25.7 Å². The van der Waals surface area contributed by atoms with Crippen LogP contribution in [0.5, 0.6) is 0 Å². The third kappa shape index (κ3) is 7.71. The van der Waals surface area contributed by atoms with E-state index in [0.29, 0.717) is 13.2 Å². The minimum absolute atomic E-state index is 0.0502. The van der Waals surface area contributed by atoms with Gasteiger partial charge in [0.05, 0.1) is 25.3 Å². The lowest BCUT2D eigenvalue weighted by Crippen LogP contribution is -2.26. The average Bonchev–Trinajstić information content (AvgIpc) is 3.27. The molecule has 0 N–H and O–H groups in total. The number of hydrogen-bond donors (Lipinski definition) is 0. The molecule has 1 aliphatic carbocycles. The third-order valence-electron chi connectivity index (χ3n) is 5.97. The second kappa shape index (κ2) is 12.5. The molecule has 0 unspecified atom stereocenters. The molecular weight excluding hydrogens is 384 g/mol. The fourth-order valence-electron chi connectivity index (χ4n) is 4.30. The van der Waals surface area contributed by atoms with Crippen molar-refractivity contribution in [2.24, 2.45) is 15.4 Å². The fourth-order valence-corrected chi connectivity index (χ4v) is 4.30. The molecule has 31 heavy (non-hydrogen) atoms. The lowest BCUT2D eigenvalue weighted by Gasteiger charge is -2.22. The summed E-state index contributed by atoms with van der Waals surface area (Å²) in [5.74, 6) is 0. The molecule has 0 heterocycles. The summed E-state index contributed by atoms with van der Waals surface area (Å²) in [5, 5.41) is 0. The van der Waals surface area contributed by atoms with Crippen molar-refractivity contribution in [3.8, 4) is 0 Å². The number of methoxy groups -OCH3 is 2. The average molecular weight is 421 g/mol. The van der Waals surface area contributed by atoms with Crippen LogP contribution >= 0.6 is 0 Å². The summed E-state index contributed by atoms with van der Waals surface area (Å²) < 4.78 is 10.9. The van der Waals surface area contributed by atoms with Gasteiger partial charge in [-0.3, -0.25) is 9.98 Å². The first-order valence-electron chi connectivity index (χ1n) is 11.4. The van der Waals surface area contributed by atoms with Gasteiger partial charge in [-0.2, -0.15) is 0 Å². The molecule has 0 amide bonds. The van der Waals surface area contributed by atoms with Gasteiger partial charge in [0.1, 0.15) is 0 Å². The Labute approximate surface area is 187 Å². The van der Waals surface area contributed by atoms with Gasteiger partial charge in [0.2, 0.25) is 0 Å². The number of hydrogen-bond acceptors (Lipinski definition) is 4. The summed E-state index contributed by atoms with van der Waals surface area (Å²) in [7, 11) is 3.50. The summed E-state index contributed by atoms with van der Waals surface area (Å²) in [4.78, 5) is 10.00. The van der Waals surface area contributed by atoms with Gasteiger partial charge in [-0.1, -0.05) is 73.5 Å². The van der Waals surface area contributed by atoms with Crippen LogP contribution in [-0.2, 0) is 22.3 Å². The van der Waals surface area contributed by atoms with Gasteiger partial charge in [0, 0.05) is 32.1 Å². The highest BCUT2D eigenvalue weighted by molar-refractivity contribution is 5.89. The van der Waals surface area contributed by atoms with Crippen molar-refractivity contribution in [2.45, 2.75) is 50.6 Å². The molecule has 166 valence electrons. The Morgan fingerprint density at radius 1 is 0.742 bits per heavy atom. The van der Waals surface area contributed by atoms with Gasteiger partial charge >= 0.3 is 0 Å². The molecule has 2 aromatic rings. The molecule has 1 fully saturated rings. The second-order valence-electron chi connectivity index (χ2n) is 8.59. The van der Waals surface area contributed by atoms with Crippen LogP contribution in [0.25, 0.3) is 0 Å². The molecule has 2 atom stereocenters. The highest BCUT2D eigenvalue weighted by atomic mass is 16.5. The van der Waals surface area contributed by atoms with E-state index in [1.54, 1.807) is 14.2 Å². The number of benzene rings is 2. The summed E-state index contributed by atoms with van der Waals surface area (Å²) in [6.45, 7) is 1.25. The zero-order valence-corrected chi connectivity index (χ0v) is 19.0. The number of ether oxygens (including phenoxy) is 2. The Bertz CT molecular complexity index is 735. The number of aliphatic imine (C=N–C) groups is 2. The molecule has 2 aromatic carbocycles. The highest BCUT2D eigenvalue weighted by Crippen LogP contribution is 2.35. The van der Waals surface area contributed by atoms with Crippen LogP contribution in [0.1, 0.15) is 36.8 Å². The maximum atomic E-state index is 5.46. The third-order valence-corrected chi connectivity index (χ3v) is 5.97. The normalized spacial score (nSPS) is 18.0. The number of rotatable bonds is 12. The van der Waals surface area contributed by atoms with Crippen molar-refractivity contribution in [1.29, 1.82) is 0 Å². The molecule has 0 radical (unpaired) electrons. The van der Waals surface area contributed by atoms with Crippen LogP contribution in [-0.4, -0.2) is 51.9 Å². The van der Waals surface area contributed by atoms with Gasteiger partial charge < -0.3 is 9.47 Å². The fraction of sp³-hybridized carbons (Fsp3) is 0.481. The number of nitrogens with zero attached hydrogens (tertiary/aromatic N) is 2. The van der Waals surface area contributed by atoms with Crippen LogP contribution < -0.4 is 0 Å². The smallest absolute Gasteiger partial charge is 0.0769 e. The van der Waals surface area contributed by atoms with Crippen LogP contribution in [0.4, 0.5) is 0 Å². The Hall–Kier alpha value is -2.30. The Morgan fingerprint density at radius 2 is 1.16 bits per heavy atom. The molecule has 0 aliphatic heterocycles. The largest absolute Gasteiger partial charge is 0.382 e. The van der Waals surface area contributed by atoms with Gasteiger partial charge in [0.15, 0.2) is 0 Å². The molecule has 0 saturated heterocycles. The topological polar surface area (TPSA) is 43.2 Å². The van der Waals surface area contributed by atoms with E-state index in [2.05, 4.69) is 61.0 Å². The van der Waals surface area contributed by atoms with Crippen LogP contribution in [0, 0.1) is 5.41 Å². The highest BCUT2D eigenvalue weighted by Gasteiger charge is 2.31. The van der Waals surface area contributed by atoms with Gasteiger partial charge in [-0.15, -0.1) is 0 Å². The van der Waals surface area contributed by atoms with Gasteiger partial charge in [-0.25, -0.2) is 0 Å². The van der Waals surface area contributed by atoms with Crippen molar-refractivity contribution in [3.63, 3.8) is 0 Å². The first-order valence-corrected chi connectivity index (χ1v) is 11.4. The molecule has 4 nitrogen and oxygen atoms in total. The second-order valence-corrected chi connectivity index (χ2v) is 8.59. The van der Waals surface area contributed by atoms with Crippen molar-refractivity contribution in [1.82, 2.24) is 0 Å². The molecule has 3 rings (SSSR count). The zero-order chi connectivity index (χ0) is 21.8. The maximum absolute atomic E-state index is 5.46. The Morgan fingerprint density at radius 3 is 1.55 bits per heavy atom. The van der Waals surface area contributed by atoms with Gasteiger partial charge in [-0.05, 0) is 36.8 Å². The van der Waals surface area contributed by atoms with Crippen molar-refractivity contribution in [3.05, 3.63) is 71.8 Å². The molecule has 1 saturated carbocycles. The maximum Gasteiger partial charge on any atom is 0.0769 e. The van der Waals surface area contributed by atoms with Crippen molar-refractivity contribution in [2.75, 3.05) is 27.4 Å². The monoisotopic (exact) mass is 420 g/mol. The molecular formula is C27H36N2O2. The van der Waals surface area contributed by atoms with Crippen LogP contribution in [0.2, 0.25) is 0 Å². The SMILES string of the molecule is COC[C@@H](Cc1ccccc1)N=CC1(C=N[C@@H](COC)Cc2ccccc2)CCCC1. The Kier molecular flexibility index (Phi) is 9.44. The summed E-state index contributed by atoms with van der Waals surface area (Å²) >= 11 is 0. The minimum Gasteiger partial charge on any atom is -0.382 e. The van der Waals surface area contributed by atoms with E-state index >= 15 is 0 Å². The van der Waals surface area contributed by atoms with Crippen LogP contribution in [0.15, 0.2) is 70.6 Å². The van der Waals surface area contributed by atoms with E-state index in [4.69, 9.17) is 19.5 Å².